The lowest BCUT2D eigenvalue weighted by atomic mass is 10.1. The maximum absolute atomic E-state index is 13.8. The number of anilines is 1. The SMILES string of the molecule is CCSc1cc(NC(=O)OC(C)(C)C)cnc1-c1nc2cc(C(F)(F)C(F)(F)F)cnc2n1C. The quantitative estimate of drug-likeness (QED) is 0.333. The molecule has 0 fully saturated rings. The molecule has 3 aromatic heterocycles. The van der Waals surface area contributed by atoms with Crippen LogP contribution in [-0.4, -0.2) is 43.1 Å². The predicted molar refractivity (Wildman–Crippen MR) is 118 cm³/mol. The van der Waals surface area contributed by atoms with Crippen molar-refractivity contribution >= 4 is 34.7 Å². The number of aromatic nitrogens is 4. The van der Waals surface area contributed by atoms with Crippen LogP contribution >= 0.6 is 11.8 Å². The summed E-state index contributed by atoms with van der Waals surface area (Å²) in [6.45, 7) is 7.07. The number of nitrogens with zero attached hydrogens (tertiary/aromatic N) is 4. The molecule has 0 atom stereocenters. The second-order valence-corrected chi connectivity index (χ2v) is 9.57. The van der Waals surface area contributed by atoms with E-state index in [1.165, 1.54) is 22.5 Å². The van der Waals surface area contributed by atoms with Crippen LogP contribution in [0.3, 0.4) is 0 Å². The first-order valence-electron chi connectivity index (χ1n) is 10.0. The van der Waals surface area contributed by atoms with E-state index in [1.54, 1.807) is 33.9 Å². The number of pyridine rings is 2. The first-order chi connectivity index (χ1) is 15.6. The van der Waals surface area contributed by atoms with Gasteiger partial charge in [-0.2, -0.15) is 22.0 Å². The Morgan fingerprint density at radius 2 is 1.79 bits per heavy atom. The molecule has 0 aromatic carbocycles. The zero-order valence-corrected chi connectivity index (χ0v) is 19.7. The number of hydrogen-bond donors (Lipinski definition) is 1. The molecule has 0 spiro atoms. The molecule has 0 aliphatic carbocycles. The first kappa shape index (κ1) is 25.7. The average molecular weight is 503 g/mol. The van der Waals surface area contributed by atoms with Gasteiger partial charge in [-0.15, -0.1) is 11.8 Å². The molecule has 0 bridgehead atoms. The molecule has 1 amide bonds. The number of halogens is 5. The maximum atomic E-state index is 13.8. The Balaban J connectivity index is 2.03. The Kier molecular flexibility index (Phi) is 6.80. The van der Waals surface area contributed by atoms with Gasteiger partial charge >= 0.3 is 18.2 Å². The van der Waals surface area contributed by atoms with E-state index in [2.05, 4.69) is 20.3 Å². The van der Waals surface area contributed by atoms with E-state index >= 15 is 0 Å². The average Bonchev–Trinajstić information content (AvgIpc) is 3.02. The van der Waals surface area contributed by atoms with Crippen molar-refractivity contribution in [2.24, 2.45) is 7.05 Å². The molecule has 3 rings (SSSR count). The van der Waals surface area contributed by atoms with Gasteiger partial charge in [0, 0.05) is 18.1 Å². The number of nitrogens with one attached hydrogen (secondary N) is 1. The third kappa shape index (κ3) is 5.24. The lowest BCUT2D eigenvalue weighted by Crippen LogP contribution is -2.33. The number of hydrogen-bond acceptors (Lipinski definition) is 6. The highest BCUT2D eigenvalue weighted by atomic mass is 32.2. The largest absolute Gasteiger partial charge is 0.458 e. The van der Waals surface area contributed by atoms with Crippen LogP contribution in [-0.2, 0) is 17.7 Å². The fourth-order valence-electron chi connectivity index (χ4n) is 2.99. The number of rotatable bonds is 5. The molecule has 0 aliphatic rings. The van der Waals surface area contributed by atoms with Crippen LogP contribution in [0, 0.1) is 0 Å². The fraction of sp³-hybridized carbons (Fsp3) is 0.429. The molecule has 0 unspecified atom stereocenters. The van der Waals surface area contributed by atoms with Crippen LogP contribution in [0.5, 0.6) is 0 Å². The van der Waals surface area contributed by atoms with E-state index < -0.39 is 29.4 Å². The van der Waals surface area contributed by atoms with Crippen molar-refractivity contribution in [1.82, 2.24) is 19.5 Å². The highest BCUT2D eigenvalue weighted by Crippen LogP contribution is 2.44. The van der Waals surface area contributed by atoms with E-state index in [0.717, 1.165) is 0 Å². The molecule has 0 radical (unpaired) electrons. The van der Waals surface area contributed by atoms with Gasteiger partial charge in [-0.3, -0.25) is 5.32 Å². The topological polar surface area (TPSA) is 81.9 Å². The number of thioether (sulfide) groups is 1. The number of alkyl halides is 5. The van der Waals surface area contributed by atoms with Gasteiger partial charge in [0.1, 0.15) is 16.8 Å². The Morgan fingerprint density at radius 3 is 2.38 bits per heavy atom. The van der Waals surface area contributed by atoms with Crippen molar-refractivity contribution in [3.05, 3.63) is 30.1 Å². The number of aryl methyl sites for hydroxylation is 1. The highest BCUT2D eigenvalue weighted by Gasteiger charge is 2.59. The van der Waals surface area contributed by atoms with Crippen molar-refractivity contribution in [1.29, 1.82) is 0 Å². The minimum absolute atomic E-state index is 0.113. The summed E-state index contributed by atoms with van der Waals surface area (Å²) in [5, 5.41) is 2.59. The Morgan fingerprint density at radius 1 is 1.12 bits per heavy atom. The van der Waals surface area contributed by atoms with Crippen molar-refractivity contribution in [3.63, 3.8) is 0 Å². The molecule has 3 aromatic rings. The van der Waals surface area contributed by atoms with Crippen molar-refractivity contribution in [3.8, 4) is 11.5 Å². The van der Waals surface area contributed by atoms with Crippen molar-refractivity contribution in [2.75, 3.05) is 11.1 Å². The minimum atomic E-state index is -5.76. The smallest absolute Gasteiger partial charge is 0.444 e. The summed E-state index contributed by atoms with van der Waals surface area (Å²) in [4.78, 5) is 25.1. The molecule has 7 nitrogen and oxygen atoms in total. The van der Waals surface area contributed by atoms with Crippen molar-refractivity contribution in [2.45, 2.75) is 50.3 Å². The normalized spacial score (nSPS) is 12.8. The van der Waals surface area contributed by atoms with Gasteiger partial charge in [-0.25, -0.2) is 19.7 Å². The molecule has 0 saturated carbocycles. The number of carbonyl (C=O) groups is 1. The van der Waals surface area contributed by atoms with E-state index in [4.69, 9.17) is 4.74 Å². The Bertz CT molecular complexity index is 1220. The van der Waals surface area contributed by atoms with Gasteiger partial charge in [-0.05, 0) is 38.7 Å². The number of amides is 1. The zero-order valence-electron chi connectivity index (χ0n) is 18.9. The monoisotopic (exact) mass is 503 g/mol. The van der Waals surface area contributed by atoms with Crippen LogP contribution < -0.4 is 5.32 Å². The Labute approximate surface area is 196 Å². The third-order valence-electron chi connectivity index (χ3n) is 4.44. The number of fused-ring (bicyclic) bond motifs is 1. The molecule has 1 N–H and O–H groups in total. The molecule has 0 aliphatic heterocycles. The lowest BCUT2D eigenvalue weighted by molar-refractivity contribution is -0.289. The summed E-state index contributed by atoms with van der Waals surface area (Å²) < 4.78 is 72.5. The zero-order chi connectivity index (χ0) is 25.5. The van der Waals surface area contributed by atoms with Crippen LogP contribution in [0.25, 0.3) is 22.7 Å². The molecule has 0 saturated heterocycles. The second kappa shape index (κ2) is 9.01. The van der Waals surface area contributed by atoms with Gasteiger partial charge in [0.25, 0.3) is 0 Å². The molecule has 13 heteroatoms. The van der Waals surface area contributed by atoms with E-state index in [1.807, 2.05) is 6.92 Å². The van der Waals surface area contributed by atoms with Gasteiger partial charge in [0.15, 0.2) is 11.5 Å². The molecule has 3 heterocycles. The van der Waals surface area contributed by atoms with Crippen LogP contribution in [0.15, 0.2) is 29.4 Å². The van der Waals surface area contributed by atoms with Crippen LogP contribution in [0.1, 0.15) is 33.3 Å². The van der Waals surface area contributed by atoms with Gasteiger partial charge in [0.2, 0.25) is 0 Å². The molecule has 34 heavy (non-hydrogen) atoms. The number of ether oxygens (including phenoxy) is 1. The molecule has 184 valence electrons. The summed E-state index contributed by atoms with van der Waals surface area (Å²) in [6.07, 6.45) is -4.57. The summed E-state index contributed by atoms with van der Waals surface area (Å²) in [5.74, 6) is -4.22. The third-order valence-corrected chi connectivity index (χ3v) is 5.35. The number of carbonyl (C=O) groups excluding carboxylic acids is 1. The van der Waals surface area contributed by atoms with E-state index in [0.29, 0.717) is 34.3 Å². The first-order valence-corrected chi connectivity index (χ1v) is 11.0. The van der Waals surface area contributed by atoms with Gasteiger partial charge in [-0.1, -0.05) is 6.92 Å². The fourth-order valence-corrected chi connectivity index (χ4v) is 3.79. The molecular formula is C21H22F5N5O2S. The van der Waals surface area contributed by atoms with Gasteiger partial charge < -0.3 is 9.30 Å². The minimum Gasteiger partial charge on any atom is -0.444 e. The number of imidazole rings is 1. The second-order valence-electron chi connectivity index (χ2n) is 8.26. The summed E-state index contributed by atoms with van der Waals surface area (Å²) in [5.41, 5.74) is -1.30. The standard InChI is InChI=1S/C21H22F5N5O2S/c1-6-34-14-8-12(29-18(32)33-19(2,3)4)10-27-15(14)17-30-13-7-11(9-28-16(13)31(17)5)20(22,23)21(24,25)26/h7-10H,6H2,1-5H3,(H,29,32). The van der Waals surface area contributed by atoms with Crippen molar-refractivity contribution < 1.29 is 31.5 Å². The molecular weight excluding hydrogens is 481 g/mol. The van der Waals surface area contributed by atoms with Gasteiger partial charge in [0.05, 0.1) is 17.4 Å². The maximum Gasteiger partial charge on any atom is 0.458 e. The van der Waals surface area contributed by atoms with E-state index in [9.17, 15) is 26.7 Å². The lowest BCUT2D eigenvalue weighted by Gasteiger charge is -2.20. The van der Waals surface area contributed by atoms with Crippen LogP contribution in [0.4, 0.5) is 32.4 Å². The highest BCUT2D eigenvalue weighted by molar-refractivity contribution is 7.99. The summed E-state index contributed by atoms with van der Waals surface area (Å²) in [6, 6.07) is 2.32. The predicted octanol–water partition coefficient (Wildman–Crippen LogP) is 6.14. The Hall–Kier alpha value is -2.96. The summed E-state index contributed by atoms with van der Waals surface area (Å²) in [7, 11) is 1.55. The van der Waals surface area contributed by atoms with Crippen LogP contribution in [0.2, 0.25) is 0 Å². The summed E-state index contributed by atoms with van der Waals surface area (Å²) >= 11 is 1.38. The van der Waals surface area contributed by atoms with E-state index in [-0.39, 0.29) is 17.0 Å².